The predicted molar refractivity (Wildman–Crippen MR) is 184 cm³/mol. The summed E-state index contributed by atoms with van der Waals surface area (Å²) < 4.78 is 2.50. The average Bonchev–Trinajstić information content (AvgIpc) is 3.07. The van der Waals surface area contributed by atoms with Gasteiger partial charge in [-0.25, -0.2) is 9.36 Å². The molecule has 0 saturated carbocycles. The zero-order valence-electron chi connectivity index (χ0n) is 26.2. The Kier molecular flexibility index (Phi) is 10.1. The molecule has 2 aliphatic rings. The second-order valence-corrected chi connectivity index (χ2v) is 13.2. The maximum Gasteiger partial charge on any atom is 0.287 e. The Morgan fingerprint density at radius 1 is 0.739 bits per heavy atom. The molecule has 2 aromatic carbocycles. The van der Waals surface area contributed by atoms with E-state index in [0.717, 1.165) is 58.5 Å². The van der Waals surface area contributed by atoms with E-state index in [9.17, 15) is 9.59 Å². The van der Waals surface area contributed by atoms with Gasteiger partial charge < -0.3 is 10.6 Å². The van der Waals surface area contributed by atoms with E-state index in [0.29, 0.717) is 11.4 Å². The third kappa shape index (κ3) is 7.47. The Bertz CT molecular complexity index is 1760. The molecule has 4 aromatic rings. The van der Waals surface area contributed by atoms with Crippen LogP contribution in [0.25, 0.3) is 0 Å². The first-order chi connectivity index (χ1) is 22.2. The molecular formula is C34H40Cl2N8O2. The Balaban J connectivity index is 1.14. The van der Waals surface area contributed by atoms with E-state index < -0.39 is 0 Å². The van der Waals surface area contributed by atoms with Gasteiger partial charge in [0.25, 0.3) is 11.1 Å². The monoisotopic (exact) mass is 662 g/mol. The summed E-state index contributed by atoms with van der Waals surface area (Å²) in [4.78, 5) is 29.6. The normalized spacial score (nSPS) is 20.8. The zero-order valence-corrected chi connectivity index (χ0v) is 27.7. The van der Waals surface area contributed by atoms with Crippen molar-refractivity contribution in [1.82, 2.24) is 29.4 Å². The molecule has 12 heteroatoms. The second kappa shape index (κ2) is 14.4. The Hall–Kier alpha value is -3.70. The van der Waals surface area contributed by atoms with Crippen LogP contribution in [0.3, 0.4) is 0 Å². The van der Waals surface area contributed by atoms with Crippen molar-refractivity contribution in [1.29, 1.82) is 0 Å². The van der Waals surface area contributed by atoms with Crippen LogP contribution in [0.4, 0.5) is 11.4 Å². The summed E-state index contributed by atoms with van der Waals surface area (Å²) in [6, 6.07) is 19.7. The largest absolute Gasteiger partial charge is 0.378 e. The first-order valence-electron chi connectivity index (χ1n) is 15.8. The van der Waals surface area contributed by atoms with Gasteiger partial charge >= 0.3 is 0 Å². The zero-order chi connectivity index (χ0) is 32.2. The molecule has 10 nitrogen and oxygen atoms in total. The molecule has 6 rings (SSSR count). The van der Waals surface area contributed by atoms with Crippen molar-refractivity contribution in [3.8, 4) is 0 Å². The molecule has 2 N–H and O–H groups in total. The molecule has 0 bridgehead atoms. The number of aryl methyl sites for hydroxylation is 2. The van der Waals surface area contributed by atoms with Crippen molar-refractivity contribution in [2.45, 2.75) is 50.4 Å². The fourth-order valence-corrected chi connectivity index (χ4v) is 7.09. The SMILES string of the molecule is Cn1ncc(N[C@@H]2CCCN(Cc3ccc(C4CCN(Cc5ccccc5)C[C@H]4Nc4cnn(C)c(=O)c4Cl)cc3)C2)c(Cl)c1=O. The number of anilines is 2. The highest BCUT2D eigenvalue weighted by Crippen LogP contribution is 2.33. The summed E-state index contributed by atoms with van der Waals surface area (Å²) in [6.45, 7) is 5.35. The molecule has 0 aliphatic carbocycles. The van der Waals surface area contributed by atoms with Gasteiger partial charge in [-0.2, -0.15) is 10.2 Å². The summed E-state index contributed by atoms with van der Waals surface area (Å²) in [6.07, 6.45) is 6.30. The number of likely N-dealkylation sites (tertiary alicyclic amines) is 2. The third-order valence-electron chi connectivity index (χ3n) is 9.12. The van der Waals surface area contributed by atoms with Crippen molar-refractivity contribution in [2.75, 3.05) is 36.8 Å². The predicted octanol–water partition coefficient (Wildman–Crippen LogP) is 4.73. The van der Waals surface area contributed by atoms with Crippen LogP contribution < -0.4 is 21.8 Å². The van der Waals surface area contributed by atoms with E-state index >= 15 is 0 Å². The van der Waals surface area contributed by atoms with Crippen molar-refractivity contribution < 1.29 is 0 Å². The number of aromatic nitrogens is 4. The van der Waals surface area contributed by atoms with Crippen LogP contribution in [0.1, 0.15) is 41.9 Å². The molecule has 3 atom stereocenters. The van der Waals surface area contributed by atoms with Crippen molar-refractivity contribution >= 4 is 34.6 Å². The van der Waals surface area contributed by atoms with E-state index in [1.165, 1.54) is 26.1 Å². The van der Waals surface area contributed by atoms with Crippen LogP contribution in [0.5, 0.6) is 0 Å². The summed E-state index contributed by atoms with van der Waals surface area (Å²) in [5.41, 5.74) is 4.34. The highest BCUT2D eigenvalue weighted by molar-refractivity contribution is 6.33. The molecule has 0 spiro atoms. The van der Waals surface area contributed by atoms with Crippen LogP contribution >= 0.6 is 23.2 Å². The highest BCUT2D eigenvalue weighted by Gasteiger charge is 2.31. The number of hydrogen-bond acceptors (Lipinski definition) is 8. The number of piperidine rings is 2. The first-order valence-corrected chi connectivity index (χ1v) is 16.5. The van der Waals surface area contributed by atoms with Gasteiger partial charge in [-0.1, -0.05) is 77.8 Å². The van der Waals surface area contributed by atoms with Crippen LogP contribution in [-0.2, 0) is 27.2 Å². The number of rotatable bonds is 9. The molecule has 2 aliphatic heterocycles. The van der Waals surface area contributed by atoms with Gasteiger partial charge in [-0.15, -0.1) is 0 Å². The highest BCUT2D eigenvalue weighted by atomic mass is 35.5. The first kappa shape index (κ1) is 32.2. The van der Waals surface area contributed by atoms with Crippen LogP contribution in [0.15, 0.2) is 76.6 Å². The number of nitrogens with zero attached hydrogens (tertiary/aromatic N) is 6. The van der Waals surface area contributed by atoms with Crippen LogP contribution in [0.2, 0.25) is 10.0 Å². The lowest BCUT2D eigenvalue weighted by molar-refractivity contribution is 0.191. The fraction of sp³-hybridized carbons (Fsp3) is 0.412. The van der Waals surface area contributed by atoms with Crippen molar-refractivity contribution in [3.05, 3.63) is 114 Å². The molecule has 242 valence electrons. The standard InChI is InChI=1S/C34H40Cl2N8O2/c1-41-33(45)31(35)28(17-37-41)39-26-9-6-15-43(21-26)20-24-10-12-25(13-11-24)27-14-16-44(19-23-7-4-3-5-8-23)22-30(27)40-29-18-38-42(2)34(46)32(29)36/h3-5,7-8,10-13,17-18,26-27,30,39-40H,6,9,14-16,19-22H2,1-2H3/t26-,27?,30-/m1/s1. The van der Waals surface area contributed by atoms with Gasteiger partial charge in [0.2, 0.25) is 0 Å². The second-order valence-electron chi connectivity index (χ2n) is 12.4. The van der Waals surface area contributed by atoms with E-state index in [2.05, 4.69) is 79.2 Å². The molecule has 4 heterocycles. The Morgan fingerprint density at radius 3 is 1.98 bits per heavy atom. The summed E-state index contributed by atoms with van der Waals surface area (Å²) >= 11 is 12.8. The molecule has 2 saturated heterocycles. The van der Waals surface area contributed by atoms with Gasteiger partial charge in [0.15, 0.2) is 0 Å². The minimum absolute atomic E-state index is 0.0415. The lowest BCUT2D eigenvalue weighted by Gasteiger charge is -2.40. The summed E-state index contributed by atoms with van der Waals surface area (Å²) in [7, 11) is 3.20. The molecular weight excluding hydrogens is 623 g/mol. The van der Waals surface area contributed by atoms with Crippen LogP contribution in [-0.4, -0.2) is 67.6 Å². The van der Waals surface area contributed by atoms with E-state index in [1.807, 2.05) is 6.07 Å². The topological polar surface area (TPSA) is 100 Å². The van der Waals surface area contributed by atoms with E-state index in [4.69, 9.17) is 23.2 Å². The summed E-state index contributed by atoms with van der Waals surface area (Å²) in [5, 5.41) is 15.7. The number of halogens is 2. The minimum Gasteiger partial charge on any atom is -0.378 e. The van der Waals surface area contributed by atoms with Gasteiger partial charge in [-0.05, 0) is 49.0 Å². The Labute approximate surface area is 278 Å². The van der Waals surface area contributed by atoms with Crippen LogP contribution in [0, 0.1) is 0 Å². The lowest BCUT2D eigenvalue weighted by Crippen LogP contribution is -2.46. The van der Waals surface area contributed by atoms with E-state index in [1.54, 1.807) is 26.5 Å². The van der Waals surface area contributed by atoms with Gasteiger partial charge in [-0.3, -0.25) is 19.4 Å². The maximum absolute atomic E-state index is 12.5. The number of benzene rings is 2. The minimum atomic E-state index is -0.313. The number of nitrogens with one attached hydrogen (secondary N) is 2. The van der Waals surface area contributed by atoms with Gasteiger partial charge in [0.05, 0.1) is 23.8 Å². The molecule has 2 fully saturated rings. The fourth-order valence-electron chi connectivity index (χ4n) is 6.64. The average molecular weight is 664 g/mol. The maximum atomic E-state index is 12.5. The Morgan fingerprint density at radius 2 is 1.33 bits per heavy atom. The van der Waals surface area contributed by atoms with E-state index in [-0.39, 0.29) is 39.2 Å². The van der Waals surface area contributed by atoms with Crippen molar-refractivity contribution in [2.24, 2.45) is 14.1 Å². The molecule has 46 heavy (non-hydrogen) atoms. The van der Waals surface area contributed by atoms with Gasteiger partial charge in [0.1, 0.15) is 10.0 Å². The number of hydrogen-bond donors (Lipinski definition) is 2. The summed E-state index contributed by atoms with van der Waals surface area (Å²) in [5.74, 6) is 0.238. The molecule has 0 radical (unpaired) electrons. The third-order valence-corrected chi connectivity index (χ3v) is 9.85. The molecule has 1 unspecified atom stereocenters. The molecule has 2 aromatic heterocycles. The smallest absolute Gasteiger partial charge is 0.287 e. The van der Waals surface area contributed by atoms with Crippen molar-refractivity contribution in [3.63, 3.8) is 0 Å². The van der Waals surface area contributed by atoms with Gasteiger partial charge in [0, 0.05) is 58.3 Å². The lowest BCUT2D eigenvalue weighted by atomic mass is 9.84. The quantitative estimate of drug-likeness (QED) is 0.266. The molecule has 0 amide bonds.